The summed E-state index contributed by atoms with van der Waals surface area (Å²) in [6, 6.07) is 8.58. The zero-order valence-corrected chi connectivity index (χ0v) is 21.3. The molecule has 1 aliphatic rings. The van der Waals surface area contributed by atoms with Gasteiger partial charge in [-0.2, -0.15) is 4.31 Å². The van der Waals surface area contributed by atoms with E-state index in [0.29, 0.717) is 35.4 Å². The van der Waals surface area contributed by atoms with E-state index in [0.717, 1.165) is 0 Å². The molecule has 0 atom stereocenters. The SMILES string of the molecule is COc1cc(S(=O)(=O)NCCN2CCN(S(=O)(=O)c3ccc(Cl)c(OC)c3)CC2)ccc1Cl. The van der Waals surface area contributed by atoms with E-state index >= 15 is 0 Å². The fourth-order valence-electron chi connectivity index (χ4n) is 3.37. The predicted octanol–water partition coefficient (Wildman–Crippen LogP) is 2.30. The van der Waals surface area contributed by atoms with Crippen molar-refractivity contribution in [2.24, 2.45) is 0 Å². The maximum Gasteiger partial charge on any atom is 0.243 e. The van der Waals surface area contributed by atoms with Crippen LogP contribution in [0, 0.1) is 0 Å². The van der Waals surface area contributed by atoms with E-state index in [1.165, 1.54) is 54.9 Å². The first kappa shape index (κ1) is 26.0. The summed E-state index contributed by atoms with van der Waals surface area (Å²) in [6.07, 6.45) is 0. The highest BCUT2D eigenvalue weighted by atomic mass is 35.5. The number of ether oxygens (including phenoxy) is 2. The van der Waals surface area contributed by atoms with E-state index < -0.39 is 20.0 Å². The molecule has 1 fully saturated rings. The van der Waals surface area contributed by atoms with Crippen LogP contribution in [0.5, 0.6) is 11.5 Å². The molecule has 3 rings (SSSR count). The van der Waals surface area contributed by atoms with Crippen molar-refractivity contribution in [1.82, 2.24) is 13.9 Å². The van der Waals surface area contributed by atoms with Gasteiger partial charge in [-0.05, 0) is 24.3 Å². The molecule has 0 aliphatic carbocycles. The van der Waals surface area contributed by atoms with Crippen LogP contribution in [0.2, 0.25) is 10.0 Å². The highest BCUT2D eigenvalue weighted by molar-refractivity contribution is 7.89. The Hall–Kier alpha value is -1.60. The van der Waals surface area contributed by atoms with E-state index in [2.05, 4.69) is 4.72 Å². The van der Waals surface area contributed by atoms with Gasteiger partial charge < -0.3 is 9.47 Å². The van der Waals surface area contributed by atoms with Crippen molar-refractivity contribution in [2.45, 2.75) is 9.79 Å². The van der Waals surface area contributed by atoms with Crippen molar-refractivity contribution in [3.8, 4) is 11.5 Å². The van der Waals surface area contributed by atoms with E-state index in [4.69, 9.17) is 32.7 Å². The number of methoxy groups -OCH3 is 2. The molecule has 0 bridgehead atoms. The molecule has 33 heavy (non-hydrogen) atoms. The molecule has 13 heteroatoms. The summed E-state index contributed by atoms with van der Waals surface area (Å²) in [6.45, 7) is 2.13. The molecular formula is C20H25Cl2N3O6S2. The molecule has 0 radical (unpaired) electrons. The summed E-state index contributed by atoms with van der Waals surface area (Å²) in [4.78, 5) is 2.17. The Labute approximate surface area is 204 Å². The lowest BCUT2D eigenvalue weighted by molar-refractivity contribution is 0.191. The Kier molecular flexibility index (Phi) is 8.49. The maximum atomic E-state index is 12.9. The first-order chi connectivity index (χ1) is 15.6. The molecule has 0 unspecified atom stereocenters. The van der Waals surface area contributed by atoms with Crippen molar-refractivity contribution in [2.75, 3.05) is 53.5 Å². The lowest BCUT2D eigenvalue weighted by atomic mass is 10.3. The average Bonchev–Trinajstić information content (AvgIpc) is 2.79. The van der Waals surface area contributed by atoms with Crippen LogP contribution in [0.15, 0.2) is 46.2 Å². The highest BCUT2D eigenvalue weighted by Crippen LogP contribution is 2.29. The molecule has 0 saturated carbocycles. The summed E-state index contributed by atoms with van der Waals surface area (Å²) in [5.41, 5.74) is 0. The largest absolute Gasteiger partial charge is 0.495 e. The topological polar surface area (TPSA) is 105 Å². The minimum absolute atomic E-state index is 0.0538. The second kappa shape index (κ2) is 10.8. The number of nitrogens with zero attached hydrogens (tertiary/aromatic N) is 2. The van der Waals surface area contributed by atoms with Gasteiger partial charge in [-0.3, -0.25) is 4.90 Å². The molecule has 182 valence electrons. The lowest BCUT2D eigenvalue weighted by Crippen LogP contribution is -2.50. The van der Waals surface area contributed by atoms with Gasteiger partial charge in [-0.15, -0.1) is 0 Å². The maximum absolute atomic E-state index is 12.9. The number of sulfonamides is 2. The van der Waals surface area contributed by atoms with Crippen LogP contribution < -0.4 is 14.2 Å². The van der Waals surface area contributed by atoms with Crippen LogP contribution in [-0.2, 0) is 20.0 Å². The smallest absolute Gasteiger partial charge is 0.243 e. The average molecular weight is 538 g/mol. The Morgan fingerprint density at radius 2 is 1.36 bits per heavy atom. The number of piperazine rings is 1. The molecule has 0 spiro atoms. The quantitative estimate of drug-likeness (QED) is 0.523. The fourth-order valence-corrected chi connectivity index (χ4v) is 6.24. The van der Waals surface area contributed by atoms with Gasteiger partial charge in [0, 0.05) is 51.4 Å². The van der Waals surface area contributed by atoms with Gasteiger partial charge in [0.1, 0.15) is 11.5 Å². The Morgan fingerprint density at radius 1 is 0.848 bits per heavy atom. The van der Waals surface area contributed by atoms with Crippen LogP contribution in [0.4, 0.5) is 0 Å². The van der Waals surface area contributed by atoms with Gasteiger partial charge in [0.05, 0.1) is 34.1 Å². The van der Waals surface area contributed by atoms with Crippen molar-refractivity contribution >= 4 is 43.2 Å². The summed E-state index contributed by atoms with van der Waals surface area (Å²) >= 11 is 11.9. The van der Waals surface area contributed by atoms with Crippen LogP contribution in [0.25, 0.3) is 0 Å². The molecule has 1 saturated heterocycles. The summed E-state index contributed by atoms with van der Waals surface area (Å²) in [5, 5.41) is 0.655. The van der Waals surface area contributed by atoms with Crippen LogP contribution in [0.1, 0.15) is 0 Å². The number of halogens is 2. The standard InChI is InChI=1S/C20H25Cl2N3O6S2/c1-30-19-13-15(3-5-17(19)21)32(26,27)23-7-8-24-9-11-25(12-10-24)33(28,29)16-4-6-18(22)20(14-16)31-2/h3-6,13-14,23H,7-12H2,1-2H3. The van der Waals surface area contributed by atoms with Gasteiger partial charge in [0.15, 0.2) is 0 Å². The normalized spacial score (nSPS) is 16.0. The number of rotatable bonds is 9. The van der Waals surface area contributed by atoms with Crippen LogP contribution in [-0.4, -0.2) is 79.5 Å². The first-order valence-electron chi connectivity index (χ1n) is 9.98. The van der Waals surface area contributed by atoms with E-state index in [-0.39, 0.29) is 35.2 Å². The third kappa shape index (κ3) is 6.10. The molecule has 1 heterocycles. The lowest BCUT2D eigenvalue weighted by Gasteiger charge is -2.34. The van der Waals surface area contributed by atoms with Crippen molar-refractivity contribution < 1.29 is 26.3 Å². The zero-order valence-electron chi connectivity index (χ0n) is 18.1. The second-order valence-corrected chi connectivity index (χ2v) is 11.8. The number of nitrogens with one attached hydrogen (secondary N) is 1. The third-order valence-electron chi connectivity index (χ3n) is 5.24. The first-order valence-corrected chi connectivity index (χ1v) is 13.7. The molecule has 1 aliphatic heterocycles. The predicted molar refractivity (Wildman–Crippen MR) is 126 cm³/mol. The molecule has 2 aromatic carbocycles. The molecule has 0 aromatic heterocycles. The summed E-state index contributed by atoms with van der Waals surface area (Å²) < 4.78 is 65.1. The van der Waals surface area contributed by atoms with Gasteiger partial charge in [-0.1, -0.05) is 23.2 Å². The zero-order chi connectivity index (χ0) is 24.2. The van der Waals surface area contributed by atoms with Crippen LogP contribution >= 0.6 is 23.2 Å². The van der Waals surface area contributed by atoms with E-state index in [9.17, 15) is 16.8 Å². The fraction of sp³-hybridized carbons (Fsp3) is 0.400. The van der Waals surface area contributed by atoms with E-state index in [1.807, 2.05) is 4.90 Å². The number of hydrogen-bond acceptors (Lipinski definition) is 7. The van der Waals surface area contributed by atoms with Crippen molar-refractivity contribution in [1.29, 1.82) is 0 Å². The molecule has 0 amide bonds. The Bertz CT molecular complexity index is 1200. The monoisotopic (exact) mass is 537 g/mol. The van der Waals surface area contributed by atoms with Gasteiger partial charge in [0.2, 0.25) is 20.0 Å². The van der Waals surface area contributed by atoms with Gasteiger partial charge in [0.25, 0.3) is 0 Å². The Morgan fingerprint density at radius 3 is 1.91 bits per heavy atom. The summed E-state index contributed by atoms with van der Waals surface area (Å²) in [7, 11) is -4.59. The number of hydrogen-bond donors (Lipinski definition) is 1. The van der Waals surface area contributed by atoms with Crippen molar-refractivity contribution in [3.05, 3.63) is 46.4 Å². The molecular weight excluding hydrogens is 513 g/mol. The Balaban J connectivity index is 1.54. The number of benzene rings is 2. The summed E-state index contributed by atoms with van der Waals surface area (Å²) in [5.74, 6) is 0.567. The molecule has 2 aromatic rings. The second-order valence-electron chi connectivity index (χ2n) is 7.24. The van der Waals surface area contributed by atoms with Gasteiger partial charge >= 0.3 is 0 Å². The van der Waals surface area contributed by atoms with E-state index in [1.54, 1.807) is 0 Å². The highest BCUT2D eigenvalue weighted by Gasteiger charge is 2.29. The van der Waals surface area contributed by atoms with Crippen molar-refractivity contribution in [3.63, 3.8) is 0 Å². The molecule has 9 nitrogen and oxygen atoms in total. The van der Waals surface area contributed by atoms with Crippen LogP contribution in [0.3, 0.4) is 0 Å². The third-order valence-corrected chi connectivity index (χ3v) is 9.22. The minimum Gasteiger partial charge on any atom is -0.495 e. The molecule has 1 N–H and O–H groups in total. The van der Waals surface area contributed by atoms with Gasteiger partial charge in [-0.25, -0.2) is 21.6 Å². The minimum atomic E-state index is -3.73.